The Morgan fingerprint density at radius 1 is 1.43 bits per heavy atom. The topological polar surface area (TPSA) is 78.0 Å². The fourth-order valence-electron chi connectivity index (χ4n) is 1.92. The third kappa shape index (κ3) is 2.70. The van der Waals surface area contributed by atoms with Crippen molar-refractivity contribution in [2.75, 3.05) is 0 Å². The molecular formula is C12H14N6OS2. The van der Waals surface area contributed by atoms with E-state index in [2.05, 4.69) is 20.5 Å². The first-order valence-electron chi connectivity index (χ1n) is 6.43. The predicted molar refractivity (Wildman–Crippen MR) is 81.8 cm³/mol. The van der Waals surface area contributed by atoms with Gasteiger partial charge in [0.05, 0.1) is 11.7 Å². The normalized spacial score (nSPS) is 11.6. The molecule has 0 atom stereocenters. The van der Waals surface area contributed by atoms with Crippen LogP contribution < -0.4 is 5.56 Å². The van der Waals surface area contributed by atoms with Gasteiger partial charge in [0.25, 0.3) is 5.56 Å². The monoisotopic (exact) mass is 322 g/mol. The van der Waals surface area contributed by atoms with Crippen molar-refractivity contribution >= 4 is 28.1 Å². The number of aryl methyl sites for hydroxylation is 1. The van der Waals surface area contributed by atoms with Crippen molar-refractivity contribution in [2.45, 2.75) is 37.7 Å². The summed E-state index contributed by atoms with van der Waals surface area (Å²) < 4.78 is 3.38. The van der Waals surface area contributed by atoms with Crippen molar-refractivity contribution in [3.63, 3.8) is 0 Å². The number of thiazole rings is 1. The van der Waals surface area contributed by atoms with Crippen LogP contribution in [0.3, 0.4) is 0 Å². The number of tetrazole rings is 1. The number of rotatable bonds is 4. The van der Waals surface area contributed by atoms with Gasteiger partial charge in [-0.1, -0.05) is 11.8 Å². The van der Waals surface area contributed by atoms with Gasteiger partial charge in [-0.3, -0.25) is 9.20 Å². The molecule has 0 aliphatic carbocycles. The first kappa shape index (κ1) is 14.2. The lowest BCUT2D eigenvalue weighted by Gasteiger charge is -2.06. The standard InChI is InChI=1S/C12H14N6OS2/c1-7(2)18-12(14-15-16-18)21-6-9-4-10(19)17-8(3)5-20-11(17)13-9/h4-5,7H,6H2,1-3H3. The molecule has 0 unspecified atom stereocenters. The summed E-state index contributed by atoms with van der Waals surface area (Å²) in [6, 6.07) is 1.77. The molecule has 0 bridgehead atoms. The molecule has 0 saturated carbocycles. The molecule has 7 nitrogen and oxygen atoms in total. The van der Waals surface area contributed by atoms with E-state index in [1.54, 1.807) is 15.1 Å². The van der Waals surface area contributed by atoms with Crippen molar-refractivity contribution < 1.29 is 0 Å². The van der Waals surface area contributed by atoms with Crippen LogP contribution >= 0.6 is 23.1 Å². The van der Waals surface area contributed by atoms with Gasteiger partial charge in [0.1, 0.15) is 0 Å². The summed E-state index contributed by atoms with van der Waals surface area (Å²) in [5.74, 6) is 0.565. The van der Waals surface area contributed by atoms with Gasteiger partial charge in [0.2, 0.25) is 5.16 Å². The maximum absolute atomic E-state index is 12.1. The molecule has 3 aromatic rings. The number of hydrogen-bond acceptors (Lipinski definition) is 7. The van der Waals surface area contributed by atoms with Crippen LogP contribution in [0.1, 0.15) is 31.3 Å². The third-order valence-electron chi connectivity index (χ3n) is 2.93. The summed E-state index contributed by atoms with van der Waals surface area (Å²) in [6.07, 6.45) is 0. The Kier molecular flexibility index (Phi) is 3.77. The van der Waals surface area contributed by atoms with Crippen LogP contribution in [0.25, 0.3) is 4.96 Å². The van der Waals surface area contributed by atoms with Gasteiger partial charge < -0.3 is 0 Å². The SMILES string of the molecule is Cc1csc2nc(CSc3nnnn3C(C)C)cc(=O)n12. The number of fused-ring (bicyclic) bond motifs is 1. The highest BCUT2D eigenvalue weighted by molar-refractivity contribution is 7.98. The molecular weight excluding hydrogens is 308 g/mol. The minimum Gasteiger partial charge on any atom is -0.269 e. The zero-order valence-electron chi connectivity index (χ0n) is 11.8. The summed E-state index contributed by atoms with van der Waals surface area (Å²) in [4.78, 5) is 17.3. The van der Waals surface area contributed by atoms with Crippen LogP contribution in [-0.4, -0.2) is 29.6 Å². The van der Waals surface area contributed by atoms with Crippen LogP contribution in [-0.2, 0) is 5.75 Å². The summed E-state index contributed by atoms with van der Waals surface area (Å²) in [6.45, 7) is 5.94. The van der Waals surface area contributed by atoms with Gasteiger partial charge in [-0.25, -0.2) is 9.67 Å². The average molecular weight is 322 g/mol. The molecule has 21 heavy (non-hydrogen) atoms. The fourth-order valence-corrected chi connectivity index (χ4v) is 3.71. The van der Waals surface area contributed by atoms with Crippen molar-refractivity contribution in [3.8, 4) is 0 Å². The van der Waals surface area contributed by atoms with E-state index < -0.39 is 0 Å². The Bertz CT molecular complexity index is 834. The Hall–Kier alpha value is -1.74. The molecule has 9 heteroatoms. The molecule has 0 aliphatic rings. The van der Waals surface area contributed by atoms with Gasteiger partial charge in [-0.2, -0.15) is 0 Å². The molecule has 110 valence electrons. The van der Waals surface area contributed by atoms with E-state index >= 15 is 0 Å². The summed E-state index contributed by atoms with van der Waals surface area (Å²) in [7, 11) is 0. The first-order valence-corrected chi connectivity index (χ1v) is 8.30. The number of aromatic nitrogens is 6. The van der Waals surface area contributed by atoms with Gasteiger partial charge in [-0.05, 0) is 31.2 Å². The Balaban J connectivity index is 1.85. The van der Waals surface area contributed by atoms with E-state index in [9.17, 15) is 4.79 Å². The lowest BCUT2D eigenvalue weighted by molar-refractivity contribution is 0.477. The predicted octanol–water partition coefficient (Wildman–Crippen LogP) is 1.92. The molecule has 0 saturated heterocycles. The van der Waals surface area contributed by atoms with Gasteiger partial charge in [0, 0.05) is 22.9 Å². The van der Waals surface area contributed by atoms with E-state index in [1.165, 1.54) is 23.1 Å². The molecule has 0 radical (unpaired) electrons. The number of hydrogen-bond donors (Lipinski definition) is 0. The number of thioether (sulfide) groups is 1. The highest BCUT2D eigenvalue weighted by Gasteiger charge is 2.12. The Morgan fingerprint density at radius 2 is 2.24 bits per heavy atom. The van der Waals surface area contributed by atoms with Gasteiger partial charge in [-0.15, -0.1) is 16.4 Å². The molecule has 0 N–H and O–H groups in total. The van der Waals surface area contributed by atoms with Crippen LogP contribution in [0.2, 0.25) is 0 Å². The fraction of sp³-hybridized carbons (Fsp3) is 0.417. The minimum absolute atomic E-state index is 0.0437. The lowest BCUT2D eigenvalue weighted by atomic mass is 10.4. The van der Waals surface area contributed by atoms with E-state index in [4.69, 9.17) is 0 Å². The molecule has 0 spiro atoms. The molecule has 0 aliphatic heterocycles. The summed E-state index contributed by atoms with van der Waals surface area (Å²) in [5.41, 5.74) is 1.61. The Labute approximate surface area is 129 Å². The zero-order valence-corrected chi connectivity index (χ0v) is 13.5. The molecule has 0 fully saturated rings. The largest absolute Gasteiger partial charge is 0.269 e. The molecule has 3 heterocycles. The highest BCUT2D eigenvalue weighted by Crippen LogP contribution is 2.21. The van der Waals surface area contributed by atoms with Gasteiger partial charge in [0.15, 0.2) is 4.96 Å². The van der Waals surface area contributed by atoms with Crippen LogP contribution in [0.4, 0.5) is 0 Å². The average Bonchev–Trinajstić information content (AvgIpc) is 3.03. The molecule has 3 rings (SSSR count). The summed E-state index contributed by atoms with van der Waals surface area (Å²) >= 11 is 2.95. The van der Waals surface area contributed by atoms with Crippen LogP contribution in [0.15, 0.2) is 21.4 Å². The smallest absolute Gasteiger partial charge is 0.258 e. The lowest BCUT2D eigenvalue weighted by Crippen LogP contribution is -2.14. The van der Waals surface area contributed by atoms with Crippen molar-refractivity contribution in [3.05, 3.63) is 33.2 Å². The van der Waals surface area contributed by atoms with E-state index in [0.29, 0.717) is 5.75 Å². The Morgan fingerprint density at radius 3 is 3.00 bits per heavy atom. The maximum Gasteiger partial charge on any atom is 0.258 e. The van der Waals surface area contributed by atoms with Crippen molar-refractivity contribution in [2.24, 2.45) is 0 Å². The minimum atomic E-state index is -0.0437. The third-order valence-corrected chi connectivity index (χ3v) is 4.84. The van der Waals surface area contributed by atoms with Crippen molar-refractivity contribution in [1.29, 1.82) is 0 Å². The second kappa shape index (κ2) is 5.57. The van der Waals surface area contributed by atoms with E-state index in [0.717, 1.165) is 21.5 Å². The van der Waals surface area contributed by atoms with Crippen LogP contribution in [0, 0.1) is 6.92 Å². The molecule has 0 amide bonds. The second-order valence-corrected chi connectivity index (χ2v) is 6.65. The number of nitrogens with zero attached hydrogens (tertiary/aromatic N) is 6. The van der Waals surface area contributed by atoms with Gasteiger partial charge >= 0.3 is 0 Å². The molecule has 3 aromatic heterocycles. The van der Waals surface area contributed by atoms with E-state index in [-0.39, 0.29) is 11.6 Å². The van der Waals surface area contributed by atoms with E-state index in [1.807, 2.05) is 26.2 Å². The highest BCUT2D eigenvalue weighted by atomic mass is 32.2. The first-order chi connectivity index (χ1) is 10.1. The quantitative estimate of drug-likeness (QED) is 0.683. The van der Waals surface area contributed by atoms with Crippen molar-refractivity contribution in [1.82, 2.24) is 29.6 Å². The summed E-state index contributed by atoms with van der Waals surface area (Å²) in [5, 5.41) is 14.3. The second-order valence-electron chi connectivity index (χ2n) is 4.87. The zero-order chi connectivity index (χ0) is 15.0. The van der Waals surface area contributed by atoms with Crippen LogP contribution in [0.5, 0.6) is 0 Å². The maximum atomic E-state index is 12.1. The molecule has 0 aromatic carbocycles.